The Morgan fingerprint density at radius 2 is 1.74 bits per heavy atom. The van der Waals surface area contributed by atoms with E-state index in [0.717, 1.165) is 21.8 Å². The number of hydrogen-bond acceptors (Lipinski definition) is 3. The van der Waals surface area contributed by atoms with Crippen LogP contribution in [0.25, 0.3) is 0 Å². The van der Waals surface area contributed by atoms with Crippen molar-refractivity contribution < 1.29 is 4.21 Å². The number of rotatable bonds is 5. The minimum Gasteiger partial charge on any atom is -0.373 e. The summed E-state index contributed by atoms with van der Waals surface area (Å²) in [7, 11) is -0.999. The first-order valence-corrected chi connectivity index (χ1v) is 8.96. The van der Waals surface area contributed by atoms with Crippen LogP contribution in [0.3, 0.4) is 0 Å². The van der Waals surface area contributed by atoms with Gasteiger partial charge in [-0.1, -0.05) is 42.5 Å². The van der Waals surface area contributed by atoms with Crippen LogP contribution in [-0.4, -0.2) is 15.4 Å². The Labute approximate surface area is 138 Å². The van der Waals surface area contributed by atoms with Crippen molar-refractivity contribution in [1.82, 2.24) is 4.98 Å². The fourth-order valence-electron chi connectivity index (χ4n) is 2.45. The van der Waals surface area contributed by atoms with Gasteiger partial charge in [-0.2, -0.15) is 0 Å². The molecule has 2 aromatic carbocycles. The summed E-state index contributed by atoms with van der Waals surface area (Å²) in [6, 6.07) is 23.7. The number of hydrogen-bond donors (Lipinski definition) is 1. The van der Waals surface area contributed by atoms with Crippen LogP contribution in [0.1, 0.15) is 17.3 Å². The molecule has 4 heteroatoms. The largest absolute Gasteiger partial charge is 0.373 e. The summed E-state index contributed by atoms with van der Waals surface area (Å²) in [5, 5.41) is 3.51. The van der Waals surface area contributed by atoms with E-state index in [2.05, 4.69) is 22.4 Å². The highest BCUT2D eigenvalue weighted by molar-refractivity contribution is 7.84. The summed E-state index contributed by atoms with van der Waals surface area (Å²) in [6.45, 7) is 0. The van der Waals surface area contributed by atoms with Crippen LogP contribution in [0.2, 0.25) is 0 Å². The molecule has 1 aromatic heterocycles. The van der Waals surface area contributed by atoms with Crippen LogP contribution in [-0.2, 0) is 10.8 Å². The molecule has 0 amide bonds. The Morgan fingerprint density at radius 3 is 2.43 bits per heavy atom. The van der Waals surface area contributed by atoms with Crippen molar-refractivity contribution in [3.8, 4) is 0 Å². The van der Waals surface area contributed by atoms with Crippen LogP contribution in [0, 0.1) is 0 Å². The van der Waals surface area contributed by atoms with E-state index in [-0.39, 0.29) is 6.04 Å². The van der Waals surface area contributed by atoms with E-state index < -0.39 is 10.8 Å². The molecule has 0 spiro atoms. The number of nitrogens with one attached hydrogen (secondary N) is 1. The van der Waals surface area contributed by atoms with Gasteiger partial charge in [-0.3, -0.25) is 9.19 Å². The molecule has 3 aromatic rings. The monoisotopic (exact) mass is 322 g/mol. The van der Waals surface area contributed by atoms with Crippen LogP contribution in [0.15, 0.2) is 83.9 Å². The van der Waals surface area contributed by atoms with Crippen molar-refractivity contribution in [2.24, 2.45) is 0 Å². The Bertz CT molecular complexity index is 751. The van der Waals surface area contributed by atoms with Gasteiger partial charge in [0.05, 0.1) is 11.7 Å². The molecule has 0 saturated carbocycles. The Kier molecular flexibility index (Phi) is 4.83. The summed E-state index contributed by atoms with van der Waals surface area (Å²) in [5.74, 6) is 0. The van der Waals surface area contributed by atoms with Gasteiger partial charge < -0.3 is 5.32 Å². The van der Waals surface area contributed by atoms with E-state index >= 15 is 0 Å². The van der Waals surface area contributed by atoms with Crippen LogP contribution in [0.4, 0.5) is 5.69 Å². The fourth-order valence-corrected chi connectivity index (χ4v) is 3.01. The summed E-state index contributed by atoms with van der Waals surface area (Å²) in [5.41, 5.74) is 3.01. The summed E-state index contributed by atoms with van der Waals surface area (Å²) in [6.07, 6.45) is 3.48. The number of nitrogens with zero attached hydrogens (tertiary/aromatic N) is 1. The van der Waals surface area contributed by atoms with E-state index in [1.807, 2.05) is 60.7 Å². The molecular formula is C19H18N2OS. The second-order valence-corrected chi connectivity index (χ2v) is 6.60. The molecule has 116 valence electrons. The van der Waals surface area contributed by atoms with Crippen LogP contribution < -0.4 is 5.32 Å². The number of aromatic nitrogens is 1. The SMILES string of the molecule is C[S@@](=O)c1cccc(N[C@@H](c2ccccc2)c2ccccn2)c1. The molecule has 0 saturated heterocycles. The molecule has 0 fully saturated rings. The maximum Gasteiger partial charge on any atom is 0.0940 e. The van der Waals surface area contributed by atoms with E-state index in [9.17, 15) is 4.21 Å². The van der Waals surface area contributed by atoms with Gasteiger partial charge in [0.1, 0.15) is 0 Å². The summed E-state index contributed by atoms with van der Waals surface area (Å²) < 4.78 is 11.7. The lowest BCUT2D eigenvalue weighted by Crippen LogP contribution is -2.13. The molecule has 0 aliphatic rings. The molecule has 23 heavy (non-hydrogen) atoms. The van der Waals surface area contributed by atoms with E-state index in [4.69, 9.17) is 0 Å². The minimum atomic E-state index is -0.999. The standard InChI is InChI=1S/C19H18N2OS/c1-23(22)17-11-7-10-16(14-17)21-19(15-8-3-2-4-9-15)18-12-5-6-13-20-18/h2-14,19,21H,1H3/t19-,23+/m0/s1. The molecule has 1 N–H and O–H groups in total. The molecule has 2 atom stereocenters. The van der Waals surface area contributed by atoms with Gasteiger partial charge in [-0.15, -0.1) is 0 Å². The zero-order valence-corrected chi connectivity index (χ0v) is 13.7. The van der Waals surface area contributed by atoms with E-state index in [1.165, 1.54) is 0 Å². The lowest BCUT2D eigenvalue weighted by molar-refractivity contribution is 0.687. The number of anilines is 1. The molecule has 0 aliphatic carbocycles. The predicted octanol–water partition coefficient (Wildman–Crippen LogP) is 4.02. The lowest BCUT2D eigenvalue weighted by atomic mass is 10.0. The molecule has 1 heterocycles. The Balaban J connectivity index is 1.97. The summed E-state index contributed by atoms with van der Waals surface area (Å²) in [4.78, 5) is 5.29. The Morgan fingerprint density at radius 1 is 0.957 bits per heavy atom. The first-order chi connectivity index (χ1) is 11.2. The van der Waals surface area contributed by atoms with Crippen LogP contribution >= 0.6 is 0 Å². The molecule has 3 rings (SSSR count). The van der Waals surface area contributed by atoms with Crippen molar-refractivity contribution in [2.45, 2.75) is 10.9 Å². The van der Waals surface area contributed by atoms with Gasteiger partial charge >= 0.3 is 0 Å². The molecule has 0 bridgehead atoms. The topological polar surface area (TPSA) is 42.0 Å². The smallest absolute Gasteiger partial charge is 0.0940 e. The second kappa shape index (κ2) is 7.20. The zero-order valence-electron chi connectivity index (χ0n) is 12.8. The maximum absolute atomic E-state index is 11.7. The second-order valence-electron chi connectivity index (χ2n) is 5.22. The van der Waals surface area contributed by atoms with Crippen LogP contribution in [0.5, 0.6) is 0 Å². The van der Waals surface area contributed by atoms with Crippen molar-refractivity contribution in [1.29, 1.82) is 0 Å². The van der Waals surface area contributed by atoms with Gasteiger partial charge in [-0.25, -0.2) is 0 Å². The van der Waals surface area contributed by atoms with Gasteiger partial charge in [0.2, 0.25) is 0 Å². The van der Waals surface area contributed by atoms with Gasteiger partial charge in [0.15, 0.2) is 0 Å². The quantitative estimate of drug-likeness (QED) is 0.771. The third-order valence-corrected chi connectivity index (χ3v) is 4.51. The molecule has 3 nitrogen and oxygen atoms in total. The molecule has 0 unspecified atom stereocenters. The first kappa shape index (κ1) is 15.4. The predicted molar refractivity (Wildman–Crippen MR) is 94.9 cm³/mol. The highest BCUT2D eigenvalue weighted by atomic mass is 32.2. The molecule has 0 radical (unpaired) electrons. The fraction of sp³-hybridized carbons (Fsp3) is 0.105. The third kappa shape index (κ3) is 3.85. The number of pyridine rings is 1. The average Bonchev–Trinajstić information content (AvgIpc) is 2.61. The maximum atomic E-state index is 11.7. The summed E-state index contributed by atoms with van der Waals surface area (Å²) >= 11 is 0. The van der Waals surface area contributed by atoms with Gasteiger partial charge in [0.25, 0.3) is 0 Å². The van der Waals surface area contributed by atoms with Gasteiger partial charge in [0, 0.05) is 33.8 Å². The lowest BCUT2D eigenvalue weighted by Gasteiger charge is -2.20. The van der Waals surface area contributed by atoms with Crippen molar-refractivity contribution >= 4 is 16.5 Å². The normalized spacial score (nSPS) is 13.3. The molecule has 0 aliphatic heterocycles. The Hall–Kier alpha value is -2.46. The molecular weight excluding hydrogens is 304 g/mol. The average molecular weight is 322 g/mol. The van der Waals surface area contributed by atoms with Crippen molar-refractivity contribution in [2.75, 3.05) is 11.6 Å². The number of benzene rings is 2. The van der Waals surface area contributed by atoms with Crippen molar-refractivity contribution in [3.05, 3.63) is 90.3 Å². The highest BCUT2D eigenvalue weighted by Crippen LogP contribution is 2.26. The van der Waals surface area contributed by atoms with E-state index in [0.29, 0.717) is 0 Å². The minimum absolute atomic E-state index is 0.0575. The zero-order chi connectivity index (χ0) is 16.1. The van der Waals surface area contributed by atoms with Gasteiger partial charge in [-0.05, 0) is 35.9 Å². The third-order valence-electron chi connectivity index (χ3n) is 3.59. The first-order valence-electron chi connectivity index (χ1n) is 7.40. The van der Waals surface area contributed by atoms with Crippen molar-refractivity contribution in [3.63, 3.8) is 0 Å². The van der Waals surface area contributed by atoms with E-state index in [1.54, 1.807) is 12.5 Å². The highest BCUT2D eigenvalue weighted by Gasteiger charge is 2.15.